The molecule has 0 spiro atoms. The second-order valence-corrected chi connectivity index (χ2v) is 7.23. The standard InChI is InChI=1S/C14H16FN5O3S/c1-24(22,23)20-12-6-8(2-3-10(12)15)17-14(21)13-9-7-16-5-4-11(9)18-19-13/h2-3,6,16,20H,4-5,7H2,1H3,(H,17,21)(H,18,19). The van der Waals surface area contributed by atoms with E-state index in [0.29, 0.717) is 6.54 Å². The average Bonchev–Trinajstić information content (AvgIpc) is 2.93. The first kappa shape index (κ1) is 16.4. The zero-order valence-corrected chi connectivity index (χ0v) is 13.6. The number of nitrogens with zero attached hydrogens (tertiary/aromatic N) is 1. The van der Waals surface area contributed by atoms with Crippen molar-refractivity contribution >= 4 is 27.3 Å². The van der Waals surface area contributed by atoms with Gasteiger partial charge in [0.15, 0.2) is 5.69 Å². The predicted molar refractivity (Wildman–Crippen MR) is 86.8 cm³/mol. The fourth-order valence-electron chi connectivity index (χ4n) is 2.48. The number of carbonyl (C=O) groups is 1. The van der Waals surface area contributed by atoms with Gasteiger partial charge in [-0.2, -0.15) is 5.10 Å². The normalized spacial score (nSPS) is 14.1. The summed E-state index contributed by atoms with van der Waals surface area (Å²) >= 11 is 0. The van der Waals surface area contributed by atoms with Crippen LogP contribution in [0.15, 0.2) is 18.2 Å². The van der Waals surface area contributed by atoms with Crippen molar-refractivity contribution in [2.75, 3.05) is 22.8 Å². The van der Waals surface area contributed by atoms with E-state index in [1.54, 1.807) is 0 Å². The molecular formula is C14H16FN5O3S. The van der Waals surface area contributed by atoms with Gasteiger partial charge in [-0.25, -0.2) is 12.8 Å². The number of benzene rings is 1. The Labute approximate surface area is 137 Å². The van der Waals surface area contributed by atoms with E-state index in [1.165, 1.54) is 12.1 Å². The molecule has 2 aromatic rings. The predicted octanol–water partition coefficient (Wildman–Crippen LogP) is 0.818. The van der Waals surface area contributed by atoms with E-state index in [-0.39, 0.29) is 17.1 Å². The maximum Gasteiger partial charge on any atom is 0.276 e. The van der Waals surface area contributed by atoms with Crippen LogP contribution in [0, 0.1) is 5.82 Å². The zero-order chi connectivity index (χ0) is 17.3. The highest BCUT2D eigenvalue weighted by Gasteiger charge is 2.21. The Balaban J connectivity index is 1.82. The molecule has 0 atom stereocenters. The third-order valence-electron chi connectivity index (χ3n) is 3.54. The molecule has 0 aliphatic carbocycles. The number of rotatable bonds is 4. The highest BCUT2D eigenvalue weighted by Crippen LogP contribution is 2.22. The molecule has 0 saturated heterocycles. The molecule has 10 heteroatoms. The van der Waals surface area contributed by atoms with E-state index in [2.05, 4.69) is 25.6 Å². The van der Waals surface area contributed by atoms with Crippen LogP contribution in [0.5, 0.6) is 0 Å². The monoisotopic (exact) mass is 353 g/mol. The summed E-state index contributed by atoms with van der Waals surface area (Å²) in [6.45, 7) is 1.35. The van der Waals surface area contributed by atoms with E-state index >= 15 is 0 Å². The van der Waals surface area contributed by atoms with Gasteiger partial charge in [0.05, 0.1) is 11.9 Å². The number of fused-ring (bicyclic) bond motifs is 1. The lowest BCUT2D eigenvalue weighted by molar-refractivity contribution is 0.102. The molecule has 24 heavy (non-hydrogen) atoms. The molecule has 0 unspecified atom stereocenters. The summed E-state index contributed by atoms with van der Waals surface area (Å²) < 4.78 is 38.2. The van der Waals surface area contributed by atoms with Crippen LogP contribution in [-0.4, -0.2) is 37.3 Å². The lowest BCUT2D eigenvalue weighted by atomic mass is 10.1. The lowest BCUT2D eigenvalue weighted by Crippen LogP contribution is -2.25. The van der Waals surface area contributed by atoms with E-state index in [1.807, 2.05) is 0 Å². The first-order valence-electron chi connectivity index (χ1n) is 7.19. The number of H-pyrrole nitrogens is 1. The van der Waals surface area contributed by atoms with Gasteiger partial charge < -0.3 is 10.6 Å². The molecule has 0 radical (unpaired) electrons. The van der Waals surface area contributed by atoms with Gasteiger partial charge in [0.2, 0.25) is 10.0 Å². The maximum atomic E-state index is 13.7. The first-order valence-corrected chi connectivity index (χ1v) is 9.08. The summed E-state index contributed by atoms with van der Waals surface area (Å²) in [7, 11) is -3.63. The number of amides is 1. The summed E-state index contributed by atoms with van der Waals surface area (Å²) in [6, 6.07) is 3.63. The second kappa shape index (κ2) is 6.21. The van der Waals surface area contributed by atoms with Gasteiger partial charge in [0.25, 0.3) is 5.91 Å². The Bertz CT molecular complexity index is 894. The van der Waals surface area contributed by atoms with Crippen LogP contribution in [0.4, 0.5) is 15.8 Å². The Morgan fingerprint density at radius 1 is 1.38 bits per heavy atom. The van der Waals surface area contributed by atoms with Crippen LogP contribution in [0.1, 0.15) is 21.7 Å². The molecule has 4 N–H and O–H groups in total. The lowest BCUT2D eigenvalue weighted by Gasteiger charge is -2.13. The van der Waals surface area contributed by atoms with E-state index < -0.39 is 21.7 Å². The fraction of sp³-hybridized carbons (Fsp3) is 0.286. The van der Waals surface area contributed by atoms with Gasteiger partial charge in [-0.05, 0) is 18.2 Å². The number of aromatic amines is 1. The zero-order valence-electron chi connectivity index (χ0n) is 12.8. The highest BCUT2D eigenvalue weighted by atomic mass is 32.2. The summed E-state index contributed by atoms with van der Waals surface area (Å²) in [6.07, 6.45) is 1.68. The van der Waals surface area contributed by atoms with Crippen LogP contribution in [-0.2, 0) is 23.0 Å². The van der Waals surface area contributed by atoms with Gasteiger partial charge in [0, 0.05) is 36.5 Å². The third-order valence-corrected chi connectivity index (χ3v) is 4.13. The molecular weight excluding hydrogens is 337 g/mol. The minimum atomic E-state index is -3.63. The summed E-state index contributed by atoms with van der Waals surface area (Å²) in [5.41, 5.74) is 2.00. The topological polar surface area (TPSA) is 116 Å². The number of carbonyl (C=O) groups excluding carboxylic acids is 1. The largest absolute Gasteiger partial charge is 0.321 e. The van der Waals surface area contributed by atoms with Crippen LogP contribution in [0.2, 0.25) is 0 Å². The summed E-state index contributed by atoms with van der Waals surface area (Å²) in [5.74, 6) is -1.19. The first-order chi connectivity index (χ1) is 11.3. The Morgan fingerprint density at radius 2 is 2.17 bits per heavy atom. The molecule has 1 aliphatic heterocycles. The molecule has 1 amide bonds. The Kier molecular flexibility index (Phi) is 4.24. The van der Waals surface area contributed by atoms with Gasteiger partial charge in [0.1, 0.15) is 5.82 Å². The van der Waals surface area contributed by atoms with Crippen molar-refractivity contribution < 1.29 is 17.6 Å². The highest BCUT2D eigenvalue weighted by molar-refractivity contribution is 7.92. The van der Waals surface area contributed by atoms with Crippen LogP contribution < -0.4 is 15.4 Å². The summed E-state index contributed by atoms with van der Waals surface area (Å²) in [5, 5.41) is 12.6. The molecule has 0 fully saturated rings. The van der Waals surface area contributed by atoms with Crippen molar-refractivity contribution in [2.45, 2.75) is 13.0 Å². The molecule has 128 valence electrons. The van der Waals surface area contributed by atoms with Gasteiger partial charge in [-0.15, -0.1) is 0 Å². The number of aromatic nitrogens is 2. The quantitative estimate of drug-likeness (QED) is 0.649. The molecule has 1 aliphatic rings. The van der Waals surface area contributed by atoms with Crippen molar-refractivity contribution in [2.24, 2.45) is 0 Å². The van der Waals surface area contributed by atoms with E-state index in [9.17, 15) is 17.6 Å². The SMILES string of the molecule is CS(=O)(=O)Nc1cc(NC(=O)c2n[nH]c3c2CNCC3)ccc1F. The molecule has 1 aromatic carbocycles. The van der Waals surface area contributed by atoms with Crippen molar-refractivity contribution in [1.82, 2.24) is 15.5 Å². The van der Waals surface area contributed by atoms with Crippen molar-refractivity contribution in [3.8, 4) is 0 Å². The van der Waals surface area contributed by atoms with Crippen LogP contribution >= 0.6 is 0 Å². The van der Waals surface area contributed by atoms with Gasteiger partial charge in [-0.1, -0.05) is 0 Å². The van der Waals surface area contributed by atoms with Crippen molar-refractivity contribution in [3.05, 3.63) is 41.0 Å². The molecule has 0 saturated carbocycles. The number of halogens is 1. The molecule has 2 heterocycles. The molecule has 8 nitrogen and oxygen atoms in total. The van der Waals surface area contributed by atoms with Gasteiger partial charge in [-0.3, -0.25) is 14.6 Å². The van der Waals surface area contributed by atoms with E-state index in [4.69, 9.17) is 0 Å². The molecule has 3 rings (SSSR count). The number of hydrogen-bond donors (Lipinski definition) is 4. The number of hydrogen-bond acceptors (Lipinski definition) is 5. The Hall–Kier alpha value is -2.46. The van der Waals surface area contributed by atoms with Crippen molar-refractivity contribution in [1.29, 1.82) is 0 Å². The second-order valence-electron chi connectivity index (χ2n) is 5.48. The number of sulfonamides is 1. The van der Waals surface area contributed by atoms with Crippen LogP contribution in [0.25, 0.3) is 0 Å². The maximum absolute atomic E-state index is 13.7. The average molecular weight is 353 g/mol. The van der Waals surface area contributed by atoms with E-state index in [0.717, 1.165) is 36.5 Å². The Morgan fingerprint density at radius 3 is 2.92 bits per heavy atom. The van der Waals surface area contributed by atoms with Crippen molar-refractivity contribution in [3.63, 3.8) is 0 Å². The minimum absolute atomic E-state index is 0.235. The fourth-order valence-corrected chi connectivity index (χ4v) is 3.04. The van der Waals surface area contributed by atoms with Gasteiger partial charge >= 0.3 is 0 Å². The molecule has 0 bridgehead atoms. The number of nitrogens with one attached hydrogen (secondary N) is 4. The number of anilines is 2. The third kappa shape index (κ3) is 3.54. The smallest absolute Gasteiger partial charge is 0.276 e. The van der Waals surface area contributed by atoms with Crippen LogP contribution in [0.3, 0.4) is 0 Å². The minimum Gasteiger partial charge on any atom is -0.321 e. The molecule has 1 aromatic heterocycles. The summed E-state index contributed by atoms with van der Waals surface area (Å²) in [4.78, 5) is 12.4.